The normalized spacial score (nSPS) is 46.9. The summed E-state index contributed by atoms with van der Waals surface area (Å²) >= 11 is 0. The van der Waals surface area contributed by atoms with E-state index in [0.717, 1.165) is 17.9 Å². The molecule has 1 heterocycles. The Labute approximate surface area is 101 Å². The van der Waals surface area contributed by atoms with Crippen LogP contribution in [0.2, 0.25) is 0 Å². The molecule has 2 fully saturated rings. The molecule has 2 heteroatoms. The van der Waals surface area contributed by atoms with Crippen LogP contribution in [0.4, 0.5) is 0 Å². The van der Waals surface area contributed by atoms with Gasteiger partial charge in [-0.3, -0.25) is 4.90 Å². The molecule has 5 atom stereocenters. The number of piperidine rings is 1. The maximum absolute atomic E-state index is 6.34. The van der Waals surface area contributed by atoms with Crippen LogP contribution in [0.1, 0.15) is 52.9 Å². The second-order valence-corrected chi connectivity index (χ2v) is 6.38. The maximum Gasteiger partial charge on any atom is 0.0252 e. The van der Waals surface area contributed by atoms with Crippen LogP contribution >= 0.6 is 0 Å². The molecule has 0 radical (unpaired) electrons. The molecule has 1 aliphatic heterocycles. The topological polar surface area (TPSA) is 29.3 Å². The van der Waals surface area contributed by atoms with Crippen molar-refractivity contribution in [2.45, 2.75) is 71.0 Å². The first kappa shape index (κ1) is 12.4. The molecule has 16 heavy (non-hydrogen) atoms. The lowest BCUT2D eigenvalue weighted by Crippen LogP contribution is -2.56. The molecule has 0 amide bonds. The predicted molar refractivity (Wildman–Crippen MR) is 69.3 cm³/mol. The van der Waals surface area contributed by atoms with Crippen LogP contribution < -0.4 is 5.73 Å². The molecule has 2 aliphatic rings. The van der Waals surface area contributed by atoms with E-state index in [1.54, 1.807) is 0 Å². The number of hydrogen-bond donors (Lipinski definition) is 1. The molecular formula is C14H28N2. The Morgan fingerprint density at radius 3 is 2.38 bits per heavy atom. The van der Waals surface area contributed by atoms with Crippen LogP contribution in [0.5, 0.6) is 0 Å². The lowest BCUT2D eigenvalue weighted by molar-refractivity contribution is 0.0370. The lowest BCUT2D eigenvalue weighted by Gasteiger charge is -2.47. The van der Waals surface area contributed by atoms with Crippen LogP contribution in [-0.4, -0.2) is 29.6 Å². The van der Waals surface area contributed by atoms with E-state index in [4.69, 9.17) is 5.73 Å². The van der Waals surface area contributed by atoms with Crippen molar-refractivity contribution in [3.63, 3.8) is 0 Å². The second kappa shape index (κ2) is 5.05. The van der Waals surface area contributed by atoms with E-state index < -0.39 is 0 Å². The number of nitrogens with zero attached hydrogens (tertiary/aromatic N) is 1. The van der Waals surface area contributed by atoms with Crippen molar-refractivity contribution in [3.05, 3.63) is 0 Å². The van der Waals surface area contributed by atoms with Crippen LogP contribution in [0.3, 0.4) is 0 Å². The van der Waals surface area contributed by atoms with Crippen molar-refractivity contribution in [1.82, 2.24) is 4.90 Å². The molecule has 94 valence electrons. The molecule has 5 unspecified atom stereocenters. The first-order valence-corrected chi connectivity index (χ1v) is 7.09. The van der Waals surface area contributed by atoms with Crippen molar-refractivity contribution in [2.75, 3.05) is 6.54 Å². The first-order valence-electron chi connectivity index (χ1n) is 7.09. The molecule has 0 bridgehead atoms. The van der Waals surface area contributed by atoms with Crippen LogP contribution in [0.15, 0.2) is 0 Å². The Balaban J connectivity index is 2.02. The molecule has 1 aliphatic carbocycles. The number of nitrogens with two attached hydrogens (primary N) is 1. The molecule has 0 aromatic rings. The third-order valence-corrected chi connectivity index (χ3v) is 4.72. The summed E-state index contributed by atoms with van der Waals surface area (Å²) in [5.74, 6) is 1.73. The molecule has 0 aromatic carbocycles. The maximum atomic E-state index is 6.34. The average Bonchev–Trinajstić information content (AvgIpc) is 2.25. The van der Waals surface area contributed by atoms with E-state index in [1.165, 1.54) is 38.6 Å². The van der Waals surface area contributed by atoms with Crippen molar-refractivity contribution >= 4 is 0 Å². The summed E-state index contributed by atoms with van der Waals surface area (Å²) in [5, 5.41) is 0. The molecular weight excluding hydrogens is 196 g/mol. The Morgan fingerprint density at radius 2 is 1.62 bits per heavy atom. The Bertz CT molecular complexity index is 205. The van der Waals surface area contributed by atoms with Crippen molar-refractivity contribution in [2.24, 2.45) is 17.6 Å². The zero-order valence-corrected chi connectivity index (χ0v) is 11.2. The summed E-state index contributed by atoms with van der Waals surface area (Å²) in [6.45, 7) is 8.43. The van der Waals surface area contributed by atoms with Gasteiger partial charge in [0.2, 0.25) is 0 Å². The van der Waals surface area contributed by atoms with Gasteiger partial charge in [-0.15, -0.1) is 0 Å². The summed E-state index contributed by atoms with van der Waals surface area (Å²) in [5.41, 5.74) is 6.34. The lowest BCUT2D eigenvalue weighted by atomic mass is 9.80. The van der Waals surface area contributed by atoms with E-state index in [0.29, 0.717) is 12.1 Å². The van der Waals surface area contributed by atoms with Crippen molar-refractivity contribution < 1.29 is 0 Å². The van der Waals surface area contributed by atoms with Gasteiger partial charge in [-0.1, -0.05) is 13.8 Å². The SMILES string of the molecule is CC1CCC(N)C(N2CC(C)CCC2C)C1. The summed E-state index contributed by atoms with van der Waals surface area (Å²) in [6.07, 6.45) is 6.63. The highest BCUT2D eigenvalue weighted by Gasteiger charge is 2.35. The average molecular weight is 224 g/mol. The van der Waals surface area contributed by atoms with Gasteiger partial charge in [-0.05, 0) is 50.9 Å². The Hall–Kier alpha value is -0.0800. The van der Waals surface area contributed by atoms with Gasteiger partial charge in [0.15, 0.2) is 0 Å². The van der Waals surface area contributed by atoms with Crippen LogP contribution in [-0.2, 0) is 0 Å². The second-order valence-electron chi connectivity index (χ2n) is 6.38. The minimum Gasteiger partial charge on any atom is -0.326 e. The summed E-state index contributed by atoms with van der Waals surface area (Å²) in [4.78, 5) is 2.72. The van der Waals surface area contributed by atoms with E-state index in [1.807, 2.05) is 0 Å². The number of likely N-dealkylation sites (tertiary alicyclic amines) is 1. The van der Waals surface area contributed by atoms with E-state index in [9.17, 15) is 0 Å². The molecule has 2 rings (SSSR count). The fraction of sp³-hybridized carbons (Fsp3) is 1.00. The highest BCUT2D eigenvalue weighted by Crippen LogP contribution is 2.32. The van der Waals surface area contributed by atoms with Gasteiger partial charge in [-0.25, -0.2) is 0 Å². The quantitative estimate of drug-likeness (QED) is 0.742. The van der Waals surface area contributed by atoms with Gasteiger partial charge in [-0.2, -0.15) is 0 Å². The van der Waals surface area contributed by atoms with Gasteiger partial charge >= 0.3 is 0 Å². The summed E-state index contributed by atoms with van der Waals surface area (Å²) < 4.78 is 0. The zero-order valence-electron chi connectivity index (χ0n) is 11.2. The zero-order chi connectivity index (χ0) is 11.7. The van der Waals surface area contributed by atoms with Gasteiger partial charge < -0.3 is 5.73 Å². The monoisotopic (exact) mass is 224 g/mol. The molecule has 2 nitrogen and oxygen atoms in total. The van der Waals surface area contributed by atoms with Gasteiger partial charge in [0.05, 0.1) is 0 Å². The first-order chi connectivity index (χ1) is 7.58. The molecule has 0 spiro atoms. The van der Waals surface area contributed by atoms with Crippen molar-refractivity contribution in [1.29, 1.82) is 0 Å². The molecule has 1 saturated carbocycles. The third-order valence-electron chi connectivity index (χ3n) is 4.72. The molecule has 1 saturated heterocycles. The third kappa shape index (κ3) is 2.60. The predicted octanol–water partition coefficient (Wildman–Crippen LogP) is 2.62. The van der Waals surface area contributed by atoms with Gasteiger partial charge in [0.25, 0.3) is 0 Å². The van der Waals surface area contributed by atoms with E-state index in [-0.39, 0.29) is 0 Å². The van der Waals surface area contributed by atoms with Crippen molar-refractivity contribution in [3.8, 4) is 0 Å². The largest absolute Gasteiger partial charge is 0.326 e. The highest BCUT2D eigenvalue weighted by atomic mass is 15.2. The molecule has 2 N–H and O–H groups in total. The number of rotatable bonds is 1. The Kier molecular flexibility index (Phi) is 3.91. The molecule has 0 aromatic heterocycles. The highest BCUT2D eigenvalue weighted by molar-refractivity contribution is 4.92. The smallest absolute Gasteiger partial charge is 0.0252 e. The number of hydrogen-bond acceptors (Lipinski definition) is 2. The van der Waals surface area contributed by atoms with Gasteiger partial charge in [0, 0.05) is 24.7 Å². The minimum absolute atomic E-state index is 0.420. The van der Waals surface area contributed by atoms with Gasteiger partial charge in [0.1, 0.15) is 0 Å². The Morgan fingerprint density at radius 1 is 0.938 bits per heavy atom. The van der Waals surface area contributed by atoms with Crippen LogP contribution in [0, 0.1) is 11.8 Å². The van der Waals surface area contributed by atoms with E-state index in [2.05, 4.69) is 25.7 Å². The standard InChI is InChI=1S/C14H28N2/c1-10-5-7-13(15)14(8-10)16-9-11(2)4-6-12(16)3/h10-14H,4-9,15H2,1-3H3. The van der Waals surface area contributed by atoms with Crippen LogP contribution in [0.25, 0.3) is 0 Å². The summed E-state index contributed by atoms with van der Waals surface area (Å²) in [7, 11) is 0. The fourth-order valence-electron chi connectivity index (χ4n) is 3.54. The summed E-state index contributed by atoms with van der Waals surface area (Å²) in [6, 6.07) is 1.82. The minimum atomic E-state index is 0.420. The fourth-order valence-corrected chi connectivity index (χ4v) is 3.54. The van der Waals surface area contributed by atoms with E-state index >= 15 is 0 Å².